The molecule has 6 nitrogen and oxygen atoms in total. The summed E-state index contributed by atoms with van der Waals surface area (Å²) in [7, 11) is 1.37. The molecule has 2 rings (SSSR count). The van der Waals surface area contributed by atoms with Gasteiger partial charge in [-0.2, -0.15) is 13.2 Å². The van der Waals surface area contributed by atoms with E-state index >= 15 is 0 Å². The summed E-state index contributed by atoms with van der Waals surface area (Å²) in [5.41, 5.74) is -0.345. The van der Waals surface area contributed by atoms with Gasteiger partial charge in [0.2, 0.25) is 0 Å². The van der Waals surface area contributed by atoms with Crippen molar-refractivity contribution >= 4 is 23.6 Å². The number of hydrogen-bond acceptors (Lipinski definition) is 4. The van der Waals surface area contributed by atoms with Crippen molar-refractivity contribution in [3.05, 3.63) is 59.7 Å². The molecule has 0 heterocycles. The van der Waals surface area contributed by atoms with Crippen LogP contribution in [0.2, 0.25) is 0 Å². The lowest BCUT2D eigenvalue weighted by Crippen LogP contribution is -2.20. The fraction of sp³-hybridized carbons (Fsp3) is 0.158. The van der Waals surface area contributed by atoms with Crippen LogP contribution in [0.5, 0.6) is 11.5 Å². The molecule has 0 fully saturated rings. The number of alkyl halides is 3. The topological polar surface area (TPSA) is 84.9 Å². The lowest BCUT2D eigenvalue weighted by atomic mass is 10.2. The van der Waals surface area contributed by atoms with Crippen molar-refractivity contribution in [2.75, 3.05) is 19.0 Å². The largest absolute Gasteiger partial charge is 0.493 e. The van der Waals surface area contributed by atoms with Crippen molar-refractivity contribution in [1.29, 1.82) is 0 Å². The minimum absolute atomic E-state index is 0.00968. The van der Waals surface area contributed by atoms with E-state index < -0.39 is 30.2 Å². The van der Waals surface area contributed by atoms with Gasteiger partial charge in [0.15, 0.2) is 18.1 Å². The fourth-order valence-corrected chi connectivity index (χ4v) is 2.19. The van der Waals surface area contributed by atoms with Gasteiger partial charge in [0.05, 0.1) is 12.7 Å². The molecule has 0 aliphatic carbocycles. The first-order chi connectivity index (χ1) is 13.2. The number of methoxy groups -OCH3 is 1. The number of ether oxygens (including phenoxy) is 2. The molecule has 0 radical (unpaired) electrons. The van der Waals surface area contributed by atoms with Crippen molar-refractivity contribution in [1.82, 2.24) is 0 Å². The summed E-state index contributed by atoms with van der Waals surface area (Å²) in [6, 6.07) is 8.79. The van der Waals surface area contributed by atoms with Gasteiger partial charge in [0, 0.05) is 11.8 Å². The van der Waals surface area contributed by atoms with E-state index in [9.17, 15) is 22.8 Å². The molecule has 28 heavy (non-hydrogen) atoms. The van der Waals surface area contributed by atoms with E-state index in [0.29, 0.717) is 5.56 Å². The fourth-order valence-electron chi connectivity index (χ4n) is 2.19. The number of benzene rings is 2. The van der Waals surface area contributed by atoms with Gasteiger partial charge in [-0.25, -0.2) is 4.79 Å². The Morgan fingerprint density at radius 2 is 1.89 bits per heavy atom. The maximum Gasteiger partial charge on any atom is 0.416 e. The summed E-state index contributed by atoms with van der Waals surface area (Å²) >= 11 is 0. The third-order valence-corrected chi connectivity index (χ3v) is 3.44. The molecule has 0 aromatic heterocycles. The number of amides is 1. The first-order valence-corrected chi connectivity index (χ1v) is 7.88. The molecule has 9 heteroatoms. The molecule has 1 amide bonds. The molecule has 0 atom stereocenters. The van der Waals surface area contributed by atoms with Crippen molar-refractivity contribution in [2.45, 2.75) is 6.18 Å². The highest BCUT2D eigenvalue weighted by molar-refractivity contribution is 5.92. The summed E-state index contributed by atoms with van der Waals surface area (Å²) in [4.78, 5) is 22.5. The Hall–Kier alpha value is -3.49. The van der Waals surface area contributed by atoms with Crippen LogP contribution in [-0.2, 0) is 15.8 Å². The van der Waals surface area contributed by atoms with Gasteiger partial charge in [0.1, 0.15) is 0 Å². The number of carbonyl (C=O) groups is 2. The number of anilines is 1. The van der Waals surface area contributed by atoms with Gasteiger partial charge < -0.3 is 19.9 Å². The van der Waals surface area contributed by atoms with Crippen LogP contribution < -0.4 is 14.8 Å². The quantitative estimate of drug-likeness (QED) is 0.696. The normalized spacial score (nSPS) is 11.3. The third kappa shape index (κ3) is 6.04. The number of rotatable bonds is 7. The van der Waals surface area contributed by atoms with E-state index in [0.717, 1.165) is 18.2 Å². The molecule has 0 saturated carbocycles. The second-order valence-corrected chi connectivity index (χ2v) is 5.50. The summed E-state index contributed by atoms with van der Waals surface area (Å²) in [5, 5.41) is 11.0. The standard InChI is InChI=1S/C19H16F3NO5/c1-27-16-9-12(6-8-18(25)26)5-7-15(16)28-11-17(24)23-14-4-2-3-13(10-14)19(20,21)22/h2-10H,11H2,1H3,(H,23,24)(H,25,26)/b8-6+. The minimum atomic E-state index is -4.51. The molecular formula is C19H16F3NO5. The number of aliphatic carboxylic acids is 1. The number of hydrogen-bond donors (Lipinski definition) is 2. The van der Waals surface area contributed by atoms with Gasteiger partial charge in [-0.05, 0) is 42.0 Å². The van der Waals surface area contributed by atoms with E-state index in [4.69, 9.17) is 14.6 Å². The van der Waals surface area contributed by atoms with Crippen molar-refractivity contribution < 1.29 is 37.3 Å². The summed E-state index contributed by atoms with van der Waals surface area (Å²) in [6.07, 6.45) is -2.20. The van der Waals surface area contributed by atoms with Crippen LogP contribution in [0.25, 0.3) is 6.08 Å². The van der Waals surface area contributed by atoms with Gasteiger partial charge in [-0.1, -0.05) is 12.1 Å². The average Bonchev–Trinajstić information content (AvgIpc) is 2.64. The second kappa shape index (κ2) is 8.94. The molecule has 2 aromatic carbocycles. The number of carboxylic acids is 1. The van der Waals surface area contributed by atoms with Crippen LogP contribution in [-0.4, -0.2) is 30.7 Å². The maximum atomic E-state index is 12.7. The smallest absolute Gasteiger partial charge is 0.416 e. The van der Waals surface area contributed by atoms with E-state index in [1.807, 2.05) is 0 Å². The molecule has 0 unspecified atom stereocenters. The Labute approximate surface area is 158 Å². The van der Waals surface area contributed by atoms with Gasteiger partial charge in [0.25, 0.3) is 5.91 Å². The monoisotopic (exact) mass is 395 g/mol. The predicted molar refractivity (Wildman–Crippen MR) is 95.2 cm³/mol. The zero-order chi connectivity index (χ0) is 20.7. The maximum absolute atomic E-state index is 12.7. The van der Waals surface area contributed by atoms with Crippen molar-refractivity contribution in [3.8, 4) is 11.5 Å². The SMILES string of the molecule is COc1cc(/C=C/C(=O)O)ccc1OCC(=O)Nc1cccc(C(F)(F)F)c1. The number of halogens is 3. The first kappa shape index (κ1) is 20.8. The molecular weight excluding hydrogens is 379 g/mol. The third-order valence-electron chi connectivity index (χ3n) is 3.44. The Morgan fingerprint density at radius 3 is 2.54 bits per heavy atom. The average molecular weight is 395 g/mol. The highest BCUT2D eigenvalue weighted by Gasteiger charge is 2.30. The Kier molecular flexibility index (Phi) is 6.64. The highest BCUT2D eigenvalue weighted by Crippen LogP contribution is 2.31. The molecule has 0 saturated heterocycles. The van der Waals surface area contributed by atoms with E-state index in [-0.39, 0.29) is 17.2 Å². The minimum Gasteiger partial charge on any atom is -0.493 e. The Morgan fingerprint density at radius 1 is 1.14 bits per heavy atom. The lowest BCUT2D eigenvalue weighted by Gasteiger charge is -2.12. The van der Waals surface area contributed by atoms with Crippen LogP contribution in [0.4, 0.5) is 18.9 Å². The van der Waals surface area contributed by atoms with Crippen LogP contribution in [0, 0.1) is 0 Å². The second-order valence-electron chi connectivity index (χ2n) is 5.50. The number of nitrogens with one attached hydrogen (secondary N) is 1. The predicted octanol–water partition coefficient (Wildman–Crippen LogP) is 3.83. The zero-order valence-electron chi connectivity index (χ0n) is 14.6. The lowest BCUT2D eigenvalue weighted by molar-refractivity contribution is -0.137. The molecule has 2 aromatic rings. The van der Waals surface area contributed by atoms with E-state index in [1.165, 1.54) is 37.5 Å². The highest BCUT2D eigenvalue weighted by atomic mass is 19.4. The van der Waals surface area contributed by atoms with Crippen LogP contribution in [0.3, 0.4) is 0 Å². The molecule has 148 valence electrons. The van der Waals surface area contributed by atoms with Gasteiger partial charge in [-0.3, -0.25) is 4.79 Å². The van der Waals surface area contributed by atoms with Crippen molar-refractivity contribution in [2.24, 2.45) is 0 Å². The van der Waals surface area contributed by atoms with E-state index in [2.05, 4.69) is 5.32 Å². The summed E-state index contributed by atoms with van der Waals surface area (Å²) < 4.78 is 48.6. The summed E-state index contributed by atoms with van der Waals surface area (Å²) in [5.74, 6) is -1.28. The Bertz CT molecular complexity index is 893. The van der Waals surface area contributed by atoms with Gasteiger partial charge >= 0.3 is 12.1 Å². The molecule has 0 aliphatic heterocycles. The number of carboxylic acid groups (broad SMARTS) is 1. The Balaban J connectivity index is 2.02. The molecule has 0 aliphatic rings. The number of carbonyl (C=O) groups excluding carboxylic acids is 1. The molecule has 2 N–H and O–H groups in total. The summed E-state index contributed by atoms with van der Waals surface area (Å²) in [6.45, 7) is -0.461. The van der Waals surface area contributed by atoms with Crippen LogP contribution in [0.1, 0.15) is 11.1 Å². The molecule has 0 spiro atoms. The van der Waals surface area contributed by atoms with Gasteiger partial charge in [-0.15, -0.1) is 0 Å². The van der Waals surface area contributed by atoms with E-state index in [1.54, 1.807) is 6.07 Å². The van der Waals surface area contributed by atoms with Crippen LogP contribution >= 0.6 is 0 Å². The van der Waals surface area contributed by atoms with Crippen molar-refractivity contribution in [3.63, 3.8) is 0 Å². The molecule has 0 bridgehead atoms. The van der Waals surface area contributed by atoms with Crippen LogP contribution in [0.15, 0.2) is 48.5 Å². The zero-order valence-corrected chi connectivity index (χ0v) is 14.6. The first-order valence-electron chi connectivity index (χ1n) is 7.88.